The van der Waals surface area contributed by atoms with Gasteiger partial charge in [-0.1, -0.05) is 24.3 Å². The molecule has 0 atom stereocenters. The minimum Gasteiger partial charge on any atom is -0.496 e. The molecule has 2 aromatic carbocycles. The van der Waals surface area contributed by atoms with Gasteiger partial charge in [0.05, 0.1) is 7.11 Å². The van der Waals surface area contributed by atoms with E-state index in [1.165, 1.54) is 19.3 Å². The standard InChI is InChI=1S/C21H22N2O5/c1-14-8-10-17(12-15(14)2)22-21(26)23-19(24)13-28-20(25)11-9-16-6-4-5-7-18(16)27-3/h4-12H,13H2,1-3H3,(H2,22,23,24,26)/b11-9+. The molecule has 0 fully saturated rings. The maximum absolute atomic E-state index is 11.8. The maximum atomic E-state index is 11.8. The third kappa shape index (κ3) is 6.28. The zero-order valence-corrected chi connectivity index (χ0v) is 15.9. The van der Waals surface area contributed by atoms with Gasteiger partial charge in [-0.3, -0.25) is 10.1 Å². The lowest BCUT2D eigenvalue weighted by Gasteiger charge is -2.08. The molecule has 0 saturated carbocycles. The van der Waals surface area contributed by atoms with E-state index in [4.69, 9.17) is 9.47 Å². The number of anilines is 1. The molecule has 0 spiro atoms. The Labute approximate surface area is 163 Å². The summed E-state index contributed by atoms with van der Waals surface area (Å²) in [5.41, 5.74) is 3.36. The summed E-state index contributed by atoms with van der Waals surface area (Å²) < 4.78 is 10.00. The highest BCUT2D eigenvalue weighted by Gasteiger charge is 2.10. The molecule has 2 aromatic rings. The van der Waals surface area contributed by atoms with Crippen LogP contribution in [0.4, 0.5) is 10.5 Å². The largest absolute Gasteiger partial charge is 0.496 e. The van der Waals surface area contributed by atoms with Gasteiger partial charge in [0, 0.05) is 17.3 Å². The first kappa shape index (κ1) is 20.7. The Morgan fingerprint density at radius 3 is 2.50 bits per heavy atom. The number of urea groups is 1. The zero-order valence-electron chi connectivity index (χ0n) is 15.9. The van der Waals surface area contributed by atoms with Gasteiger partial charge in [0.25, 0.3) is 5.91 Å². The highest BCUT2D eigenvalue weighted by Crippen LogP contribution is 2.18. The molecule has 0 aliphatic rings. The number of rotatable bonds is 6. The van der Waals surface area contributed by atoms with Crippen molar-refractivity contribution >= 4 is 29.7 Å². The summed E-state index contributed by atoms with van der Waals surface area (Å²) in [5.74, 6) is -0.844. The summed E-state index contributed by atoms with van der Waals surface area (Å²) in [7, 11) is 1.53. The fraction of sp³-hybridized carbons (Fsp3) is 0.190. The molecule has 0 unspecified atom stereocenters. The number of amides is 3. The van der Waals surface area contributed by atoms with Gasteiger partial charge < -0.3 is 14.8 Å². The molecular formula is C21H22N2O5. The number of aryl methyl sites for hydroxylation is 2. The Balaban J connectivity index is 1.79. The van der Waals surface area contributed by atoms with Gasteiger partial charge >= 0.3 is 12.0 Å². The lowest BCUT2D eigenvalue weighted by Crippen LogP contribution is -2.37. The summed E-state index contributed by atoms with van der Waals surface area (Å²) in [6, 6.07) is 11.8. The van der Waals surface area contributed by atoms with Crippen molar-refractivity contribution in [2.24, 2.45) is 0 Å². The Bertz CT molecular complexity index is 905. The molecule has 0 bridgehead atoms. The van der Waals surface area contributed by atoms with Crippen molar-refractivity contribution in [3.8, 4) is 5.75 Å². The number of hydrogen-bond donors (Lipinski definition) is 2. The summed E-state index contributed by atoms with van der Waals surface area (Å²) in [4.78, 5) is 35.3. The highest BCUT2D eigenvalue weighted by atomic mass is 16.5. The topological polar surface area (TPSA) is 93.7 Å². The van der Waals surface area contributed by atoms with E-state index in [0.29, 0.717) is 17.0 Å². The Kier molecular flexibility index (Phi) is 7.33. The van der Waals surface area contributed by atoms with Crippen molar-refractivity contribution in [1.29, 1.82) is 0 Å². The molecule has 3 amide bonds. The van der Waals surface area contributed by atoms with Crippen molar-refractivity contribution in [2.45, 2.75) is 13.8 Å². The van der Waals surface area contributed by atoms with Crippen LogP contribution >= 0.6 is 0 Å². The van der Waals surface area contributed by atoms with Gasteiger partial charge in [0.1, 0.15) is 5.75 Å². The molecule has 2 N–H and O–H groups in total. The second-order valence-electron chi connectivity index (χ2n) is 5.98. The van der Waals surface area contributed by atoms with Crippen LogP contribution in [0, 0.1) is 13.8 Å². The second-order valence-corrected chi connectivity index (χ2v) is 5.98. The van der Waals surface area contributed by atoms with E-state index >= 15 is 0 Å². The summed E-state index contributed by atoms with van der Waals surface area (Å²) >= 11 is 0. The van der Waals surface area contributed by atoms with E-state index in [-0.39, 0.29) is 0 Å². The molecule has 7 nitrogen and oxygen atoms in total. The first-order valence-corrected chi connectivity index (χ1v) is 8.55. The Morgan fingerprint density at radius 1 is 1.04 bits per heavy atom. The van der Waals surface area contributed by atoms with Crippen LogP contribution in [-0.2, 0) is 14.3 Å². The van der Waals surface area contributed by atoms with Gasteiger partial charge in [-0.2, -0.15) is 0 Å². The van der Waals surface area contributed by atoms with Crippen molar-refractivity contribution in [1.82, 2.24) is 5.32 Å². The SMILES string of the molecule is COc1ccccc1/C=C/C(=O)OCC(=O)NC(=O)Nc1ccc(C)c(C)c1. The monoisotopic (exact) mass is 382 g/mol. The fourth-order valence-electron chi connectivity index (χ4n) is 2.29. The molecule has 2 rings (SSSR count). The minimum absolute atomic E-state index is 0.560. The third-order valence-electron chi connectivity index (χ3n) is 3.90. The van der Waals surface area contributed by atoms with Crippen molar-refractivity contribution in [2.75, 3.05) is 19.0 Å². The van der Waals surface area contributed by atoms with Crippen molar-refractivity contribution in [3.05, 3.63) is 65.2 Å². The van der Waals surface area contributed by atoms with Gasteiger partial charge in [0.2, 0.25) is 0 Å². The average molecular weight is 382 g/mol. The molecule has 7 heteroatoms. The molecule has 0 aromatic heterocycles. The lowest BCUT2D eigenvalue weighted by atomic mass is 10.1. The van der Waals surface area contributed by atoms with Crippen LogP contribution in [0.2, 0.25) is 0 Å². The normalized spacial score (nSPS) is 10.4. The number of imide groups is 1. The van der Waals surface area contributed by atoms with E-state index in [0.717, 1.165) is 11.1 Å². The minimum atomic E-state index is -0.736. The summed E-state index contributed by atoms with van der Waals surface area (Å²) in [6.45, 7) is 3.30. The number of para-hydroxylation sites is 1. The highest BCUT2D eigenvalue weighted by molar-refractivity contribution is 6.02. The van der Waals surface area contributed by atoms with Crippen LogP contribution < -0.4 is 15.4 Å². The van der Waals surface area contributed by atoms with Crippen LogP contribution in [0.3, 0.4) is 0 Å². The predicted octanol–water partition coefficient (Wildman–Crippen LogP) is 3.22. The fourth-order valence-corrected chi connectivity index (χ4v) is 2.29. The lowest BCUT2D eigenvalue weighted by molar-refractivity contribution is -0.143. The predicted molar refractivity (Wildman–Crippen MR) is 106 cm³/mol. The van der Waals surface area contributed by atoms with E-state index < -0.39 is 24.5 Å². The summed E-state index contributed by atoms with van der Waals surface area (Å²) in [5, 5.41) is 4.65. The molecule has 0 aliphatic carbocycles. The number of carbonyl (C=O) groups is 3. The molecular weight excluding hydrogens is 360 g/mol. The molecule has 146 valence electrons. The number of hydrogen-bond acceptors (Lipinski definition) is 5. The second kappa shape index (κ2) is 9.91. The van der Waals surface area contributed by atoms with E-state index in [9.17, 15) is 14.4 Å². The molecule has 0 saturated heterocycles. The van der Waals surface area contributed by atoms with Gasteiger partial charge in [-0.25, -0.2) is 9.59 Å². The Hall–Kier alpha value is -3.61. The van der Waals surface area contributed by atoms with Gasteiger partial charge in [-0.05, 0) is 49.2 Å². The first-order chi connectivity index (χ1) is 13.4. The molecule has 0 radical (unpaired) electrons. The molecule has 0 heterocycles. The number of benzene rings is 2. The number of methoxy groups -OCH3 is 1. The zero-order chi connectivity index (χ0) is 20.5. The number of esters is 1. The van der Waals surface area contributed by atoms with Crippen molar-refractivity contribution < 1.29 is 23.9 Å². The first-order valence-electron chi connectivity index (χ1n) is 8.55. The van der Waals surface area contributed by atoms with Crippen LogP contribution in [0.25, 0.3) is 6.08 Å². The summed E-state index contributed by atoms with van der Waals surface area (Å²) in [6.07, 6.45) is 2.70. The number of ether oxygens (including phenoxy) is 2. The van der Waals surface area contributed by atoms with Crippen LogP contribution in [0.5, 0.6) is 5.75 Å². The van der Waals surface area contributed by atoms with Crippen LogP contribution in [0.1, 0.15) is 16.7 Å². The maximum Gasteiger partial charge on any atom is 0.331 e. The average Bonchev–Trinajstić information content (AvgIpc) is 2.67. The quantitative estimate of drug-likeness (QED) is 0.591. The van der Waals surface area contributed by atoms with Gasteiger partial charge in [-0.15, -0.1) is 0 Å². The van der Waals surface area contributed by atoms with Crippen LogP contribution in [-0.4, -0.2) is 31.6 Å². The van der Waals surface area contributed by atoms with E-state index in [1.54, 1.807) is 30.3 Å². The molecule has 28 heavy (non-hydrogen) atoms. The van der Waals surface area contributed by atoms with Crippen molar-refractivity contribution in [3.63, 3.8) is 0 Å². The molecule has 0 aliphatic heterocycles. The third-order valence-corrected chi connectivity index (χ3v) is 3.90. The van der Waals surface area contributed by atoms with Crippen LogP contribution in [0.15, 0.2) is 48.5 Å². The Morgan fingerprint density at radius 2 is 1.79 bits per heavy atom. The van der Waals surface area contributed by atoms with E-state index in [2.05, 4.69) is 10.6 Å². The smallest absolute Gasteiger partial charge is 0.331 e. The number of nitrogens with one attached hydrogen (secondary N) is 2. The van der Waals surface area contributed by atoms with E-state index in [1.807, 2.05) is 26.0 Å². The number of carbonyl (C=O) groups excluding carboxylic acids is 3. The van der Waals surface area contributed by atoms with Gasteiger partial charge in [0.15, 0.2) is 6.61 Å².